The lowest BCUT2D eigenvalue weighted by atomic mass is 10.1. The van der Waals surface area contributed by atoms with E-state index in [1.54, 1.807) is 41.3 Å². The number of amides is 1. The van der Waals surface area contributed by atoms with Gasteiger partial charge < -0.3 is 9.80 Å². The van der Waals surface area contributed by atoms with Gasteiger partial charge in [-0.15, -0.1) is 0 Å². The predicted molar refractivity (Wildman–Crippen MR) is 112 cm³/mol. The van der Waals surface area contributed by atoms with Crippen molar-refractivity contribution in [2.45, 2.75) is 11.8 Å². The minimum Gasteiger partial charge on any atom is -0.336 e. The summed E-state index contributed by atoms with van der Waals surface area (Å²) in [5, 5.41) is 0.243. The van der Waals surface area contributed by atoms with Crippen molar-refractivity contribution in [3.8, 4) is 0 Å². The smallest absolute Gasteiger partial charge is 0.264 e. The average Bonchev–Trinajstić information content (AvgIpc) is 2.67. The normalized spacial score (nSPS) is 15.5. The van der Waals surface area contributed by atoms with Gasteiger partial charge in [0.2, 0.25) is 0 Å². The summed E-state index contributed by atoms with van der Waals surface area (Å²) in [5.74, 6) is -0.131. The fraction of sp³-hybridized carbons (Fsp3) is 0.350. The first kappa shape index (κ1) is 20.6. The topological polar surface area (TPSA) is 60.9 Å². The molecule has 0 saturated carbocycles. The third-order valence-corrected chi connectivity index (χ3v) is 7.13. The van der Waals surface area contributed by atoms with Crippen molar-refractivity contribution in [3.05, 3.63) is 58.6 Å². The van der Waals surface area contributed by atoms with E-state index in [0.29, 0.717) is 24.3 Å². The molecule has 2 aromatic rings. The lowest BCUT2D eigenvalue weighted by Gasteiger charge is -2.32. The van der Waals surface area contributed by atoms with Crippen LogP contribution in [-0.2, 0) is 10.0 Å². The second-order valence-corrected chi connectivity index (χ2v) is 9.42. The Labute approximate surface area is 171 Å². The van der Waals surface area contributed by atoms with Crippen LogP contribution in [0.5, 0.6) is 0 Å². The molecule has 1 aliphatic heterocycles. The van der Waals surface area contributed by atoms with Gasteiger partial charge in [-0.2, -0.15) is 0 Å². The standard InChI is InChI=1S/C20H24ClN3O3S/c1-15-4-7-17(8-5-15)28(26,27)23(3)16-6-9-18(19(21)14-16)20(25)24-12-10-22(2)11-13-24/h4-9,14H,10-13H2,1-3H3. The molecule has 6 nitrogen and oxygen atoms in total. The predicted octanol–water partition coefficient (Wildman–Crippen LogP) is 2.86. The molecule has 1 heterocycles. The van der Waals surface area contributed by atoms with Gasteiger partial charge in [-0.05, 0) is 44.3 Å². The maximum Gasteiger partial charge on any atom is 0.264 e. The first-order chi connectivity index (χ1) is 13.2. The number of carbonyl (C=O) groups excluding carboxylic acids is 1. The number of likely N-dealkylation sites (N-methyl/N-ethyl adjacent to an activating group) is 1. The Morgan fingerprint density at radius 2 is 1.64 bits per heavy atom. The molecule has 1 aliphatic rings. The summed E-state index contributed by atoms with van der Waals surface area (Å²) in [6.07, 6.45) is 0. The first-order valence-corrected chi connectivity index (χ1v) is 10.8. The molecule has 8 heteroatoms. The van der Waals surface area contributed by atoms with Gasteiger partial charge in [0.25, 0.3) is 15.9 Å². The van der Waals surface area contributed by atoms with Crippen LogP contribution in [0, 0.1) is 6.92 Å². The fourth-order valence-corrected chi connectivity index (χ4v) is 4.50. The van der Waals surface area contributed by atoms with Crippen LogP contribution >= 0.6 is 11.6 Å². The lowest BCUT2D eigenvalue weighted by Crippen LogP contribution is -2.47. The molecule has 0 N–H and O–H groups in total. The molecule has 0 unspecified atom stereocenters. The second kappa shape index (κ2) is 8.11. The fourth-order valence-electron chi connectivity index (χ4n) is 3.06. The van der Waals surface area contributed by atoms with E-state index in [0.717, 1.165) is 18.7 Å². The quantitative estimate of drug-likeness (QED) is 0.761. The summed E-state index contributed by atoms with van der Waals surface area (Å²) >= 11 is 6.35. The van der Waals surface area contributed by atoms with E-state index < -0.39 is 10.0 Å². The number of aryl methyl sites for hydroxylation is 1. The van der Waals surface area contributed by atoms with E-state index in [4.69, 9.17) is 11.6 Å². The number of anilines is 1. The molecular formula is C20H24ClN3O3S. The Morgan fingerprint density at radius 3 is 2.21 bits per heavy atom. The Bertz CT molecular complexity index is 969. The van der Waals surface area contributed by atoms with Crippen LogP contribution in [0.3, 0.4) is 0 Å². The zero-order valence-electron chi connectivity index (χ0n) is 16.2. The minimum absolute atomic E-state index is 0.131. The molecule has 1 saturated heterocycles. The highest BCUT2D eigenvalue weighted by Crippen LogP contribution is 2.28. The van der Waals surface area contributed by atoms with Crippen molar-refractivity contribution >= 4 is 33.2 Å². The average molecular weight is 422 g/mol. The molecule has 0 spiro atoms. The van der Waals surface area contributed by atoms with Crippen molar-refractivity contribution in [1.82, 2.24) is 9.80 Å². The summed E-state index contributed by atoms with van der Waals surface area (Å²) < 4.78 is 26.9. The van der Waals surface area contributed by atoms with Gasteiger partial charge in [-0.1, -0.05) is 29.3 Å². The van der Waals surface area contributed by atoms with Gasteiger partial charge in [0, 0.05) is 33.2 Å². The van der Waals surface area contributed by atoms with Gasteiger partial charge in [0.05, 0.1) is 21.2 Å². The number of piperazine rings is 1. The third kappa shape index (κ3) is 4.16. The van der Waals surface area contributed by atoms with Gasteiger partial charge in [0.1, 0.15) is 0 Å². The molecule has 0 atom stereocenters. The summed E-state index contributed by atoms with van der Waals surface area (Å²) in [7, 11) is -0.215. The Balaban J connectivity index is 1.83. The van der Waals surface area contributed by atoms with Crippen LogP contribution in [0.2, 0.25) is 5.02 Å². The van der Waals surface area contributed by atoms with Crippen molar-refractivity contribution in [3.63, 3.8) is 0 Å². The van der Waals surface area contributed by atoms with E-state index >= 15 is 0 Å². The van der Waals surface area contributed by atoms with Gasteiger partial charge in [-0.3, -0.25) is 9.10 Å². The monoisotopic (exact) mass is 421 g/mol. The van der Waals surface area contributed by atoms with E-state index in [2.05, 4.69) is 4.90 Å². The highest BCUT2D eigenvalue weighted by Gasteiger charge is 2.25. The molecule has 0 bridgehead atoms. The summed E-state index contributed by atoms with van der Waals surface area (Å²) in [6, 6.07) is 11.4. The molecular weight excluding hydrogens is 398 g/mol. The maximum atomic E-state index is 12.9. The van der Waals surface area contributed by atoms with Crippen LogP contribution in [0.4, 0.5) is 5.69 Å². The molecule has 28 heavy (non-hydrogen) atoms. The molecule has 150 valence electrons. The Hall–Kier alpha value is -2.09. The molecule has 1 fully saturated rings. The summed E-state index contributed by atoms with van der Waals surface area (Å²) in [6.45, 7) is 4.83. The Morgan fingerprint density at radius 1 is 1.04 bits per heavy atom. The number of rotatable bonds is 4. The number of benzene rings is 2. The number of hydrogen-bond acceptors (Lipinski definition) is 4. The van der Waals surface area contributed by atoms with E-state index in [-0.39, 0.29) is 15.8 Å². The first-order valence-electron chi connectivity index (χ1n) is 9.03. The van der Waals surface area contributed by atoms with Gasteiger partial charge in [0.15, 0.2) is 0 Å². The van der Waals surface area contributed by atoms with E-state index in [9.17, 15) is 13.2 Å². The largest absolute Gasteiger partial charge is 0.336 e. The number of sulfonamides is 1. The van der Waals surface area contributed by atoms with Crippen LogP contribution < -0.4 is 4.31 Å². The SMILES string of the molecule is Cc1ccc(S(=O)(=O)N(C)c2ccc(C(=O)N3CCN(C)CC3)c(Cl)c2)cc1. The molecule has 2 aromatic carbocycles. The second-order valence-electron chi connectivity index (χ2n) is 7.05. The number of carbonyl (C=O) groups is 1. The lowest BCUT2D eigenvalue weighted by molar-refractivity contribution is 0.0664. The third-order valence-electron chi connectivity index (χ3n) is 5.02. The molecule has 1 amide bonds. The van der Waals surface area contributed by atoms with Gasteiger partial charge in [-0.25, -0.2) is 8.42 Å². The minimum atomic E-state index is -3.71. The van der Waals surface area contributed by atoms with E-state index in [1.165, 1.54) is 17.4 Å². The molecule has 0 aromatic heterocycles. The Kier molecular flexibility index (Phi) is 5.98. The molecule has 0 aliphatic carbocycles. The van der Waals surface area contributed by atoms with E-state index in [1.807, 2.05) is 14.0 Å². The van der Waals surface area contributed by atoms with Crippen molar-refractivity contribution in [2.75, 3.05) is 44.6 Å². The number of halogens is 1. The zero-order valence-corrected chi connectivity index (χ0v) is 17.8. The molecule has 3 rings (SSSR count). The van der Waals surface area contributed by atoms with Crippen LogP contribution in [0.1, 0.15) is 15.9 Å². The maximum absolute atomic E-state index is 12.9. The number of nitrogens with zero attached hydrogens (tertiary/aromatic N) is 3. The van der Waals surface area contributed by atoms with Crippen molar-refractivity contribution in [1.29, 1.82) is 0 Å². The highest BCUT2D eigenvalue weighted by atomic mass is 35.5. The van der Waals surface area contributed by atoms with Crippen LogP contribution in [0.15, 0.2) is 47.4 Å². The zero-order chi connectivity index (χ0) is 20.5. The summed E-state index contributed by atoms with van der Waals surface area (Å²) in [5.41, 5.74) is 1.77. The highest BCUT2D eigenvalue weighted by molar-refractivity contribution is 7.92. The number of hydrogen-bond donors (Lipinski definition) is 0. The van der Waals surface area contributed by atoms with Crippen molar-refractivity contribution < 1.29 is 13.2 Å². The summed E-state index contributed by atoms with van der Waals surface area (Å²) in [4.78, 5) is 16.9. The molecule has 0 radical (unpaired) electrons. The van der Waals surface area contributed by atoms with Crippen molar-refractivity contribution in [2.24, 2.45) is 0 Å². The van der Waals surface area contributed by atoms with Crippen LogP contribution in [0.25, 0.3) is 0 Å². The van der Waals surface area contributed by atoms with Gasteiger partial charge >= 0.3 is 0 Å². The van der Waals surface area contributed by atoms with Crippen LogP contribution in [-0.4, -0.2) is 64.4 Å².